The number of amides is 3. The van der Waals surface area contributed by atoms with Crippen molar-refractivity contribution in [1.82, 2.24) is 19.7 Å². The Balaban J connectivity index is 1.23. The van der Waals surface area contributed by atoms with E-state index in [0.717, 1.165) is 43.2 Å². The number of piperazine rings is 1. The number of fused-ring (bicyclic) bond motifs is 2. The molecule has 0 spiro atoms. The average Bonchev–Trinajstić information content (AvgIpc) is 3.31. The van der Waals surface area contributed by atoms with Crippen molar-refractivity contribution in [2.24, 2.45) is 5.92 Å². The summed E-state index contributed by atoms with van der Waals surface area (Å²) < 4.78 is 55.9. The standard InChI is InChI=1S/C32H36ClF4N7O3/c1-4-27(45)43-17-23(18-43)41-8-5-40(6-9-41)7-10-42-16-20-12-28(46)44(26-13-21(32(35,36)37)11-19(2)38-26)29(20)31(47)39(3)25-15-22(34)14-24(33)30(25)42/h4,11,13-15,20,23,29H,1,5-10,12,16-18H2,2-3H3/t20-,29+/m1/s1. The van der Waals surface area contributed by atoms with Gasteiger partial charge in [0.25, 0.3) is 0 Å². The van der Waals surface area contributed by atoms with Crippen LogP contribution in [0.15, 0.2) is 36.9 Å². The molecule has 252 valence electrons. The molecule has 3 saturated heterocycles. The number of hydrogen-bond acceptors (Lipinski definition) is 7. The third-order valence-electron chi connectivity index (χ3n) is 9.63. The van der Waals surface area contributed by atoms with E-state index in [1.54, 1.807) is 4.90 Å². The molecular weight excluding hydrogens is 642 g/mol. The van der Waals surface area contributed by atoms with Crippen LogP contribution >= 0.6 is 11.6 Å². The van der Waals surface area contributed by atoms with Crippen LogP contribution in [0.4, 0.5) is 34.8 Å². The van der Waals surface area contributed by atoms with E-state index in [0.29, 0.717) is 37.9 Å². The Labute approximate surface area is 275 Å². The van der Waals surface area contributed by atoms with E-state index in [-0.39, 0.29) is 41.1 Å². The second kappa shape index (κ2) is 12.7. The van der Waals surface area contributed by atoms with E-state index in [1.807, 2.05) is 4.90 Å². The van der Waals surface area contributed by atoms with Crippen molar-refractivity contribution >= 4 is 46.5 Å². The number of anilines is 3. The molecule has 6 rings (SSSR count). The molecule has 3 amide bonds. The van der Waals surface area contributed by atoms with Crippen molar-refractivity contribution in [1.29, 1.82) is 0 Å². The molecule has 47 heavy (non-hydrogen) atoms. The van der Waals surface area contributed by atoms with Crippen LogP contribution in [0.25, 0.3) is 0 Å². The maximum atomic E-state index is 14.7. The van der Waals surface area contributed by atoms with Crippen molar-refractivity contribution in [3.8, 4) is 0 Å². The number of halogens is 5. The van der Waals surface area contributed by atoms with Crippen LogP contribution in [0.2, 0.25) is 5.02 Å². The molecule has 0 bridgehead atoms. The van der Waals surface area contributed by atoms with Crippen molar-refractivity contribution in [2.75, 3.05) is 80.7 Å². The highest BCUT2D eigenvalue weighted by Gasteiger charge is 2.49. The molecule has 5 heterocycles. The van der Waals surface area contributed by atoms with E-state index < -0.39 is 41.3 Å². The van der Waals surface area contributed by atoms with Gasteiger partial charge < -0.3 is 14.7 Å². The summed E-state index contributed by atoms with van der Waals surface area (Å²) in [6, 6.07) is 3.24. The third kappa shape index (κ3) is 6.42. The minimum absolute atomic E-state index is 0.0542. The van der Waals surface area contributed by atoms with Gasteiger partial charge in [-0.2, -0.15) is 13.2 Å². The highest BCUT2D eigenvalue weighted by molar-refractivity contribution is 6.34. The summed E-state index contributed by atoms with van der Waals surface area (Å²) in [7, 11) is 1.45. The SMILES string of the molecule is C=CC(=O)N1CC(N2CCN(CCN3C[C@H]4CC(=O)N(c5cc(C(F)(F)F)cc(C)n5)[C@@H]4C(=O)N(C)c4cc(F)cc(Cl)c43)CC2)C1. The molecule has 15 heteroatoms. The van der Waals surface area contributed by atoms with Gasteiger partial charge in [-0.05, 0) is 37.3 Å². The number of carbonyl (C=O) groups is 3. The number of aromatic nitrogens is 1. The lowest BCUT2D eigenvalue weighted by Gasteiger charge is -2.48. The monoisotopic (exact) mass is 677 g/mol. The quantitative estimate of drug-likeness (QED) is 0.343. The topological polar surface area (TPSA) is 83.5 Å². The van der Waals surface area contributed by atoms with Gasteiger partial charge in [0.15, 0.2) is 0 Å². The van der Waals surface area contributed by atoms with E-state index in [2.05, 4.69) is 21.4 Å². The number of carbonyl (C=O) groups excluding carboxylic acids is 3. The molecule has 0 radical (unpaired) electrons. The molecule has 0 unspecified atom stereocenters. The van der Waals surface area contributed by atoms with E-state index in [1.165, 1.54) is 37.1 Å². The summed E-state index contributed by atoms with van der Waals surface area (Å²) in [5.74, 6) is -2.64. The van der Waals surface area contributed by atoms with Crippen LogP contribution in [-0.2, 0) is 20.6 Å². The molecule has 2 atom stereocenters. The first kappa shape index (κ1) is 33.2. The first-order valence-corrected chi connectivity index (χ1v) is 15.9. The average molecular weight is 678 g/mol. The number of nitrogens with zero attached hydrogens (tertiary/aromatic N) is 7. The smallest absolute Gasteiger partial charge is 0.367 e. The van der Waals surface area contributed by atoms with Crippen molar-refractivity contribution in [3.63, 3.8) is 0 Å². The maximum absolute atomic E-state index is 14.7. The molecule has 0 N–H and O–H groups in total. The minimum atomic E-state index is -4.68. The number of likely N-dealkylation sites (N-methyl/N-ethyl adjacent to an activating group) is 1. The first-order chi connectivity index (χ1) is 22.2. The second-order valence-electron chi connectivity index (χ2n) is 12.6. The van der Waals surface area contributed by atoms with Gasteiger partial charge in [0, 0.05) is 90.0 Å². The normalized spacial score (nSPS) is 23.0. The van der Waals surface area contributed by atoms with E-state index >= 15 is 0 Å². The van der Waals surface area contributed by atoms with Gasteiger partial charge in [-0.15, -0.1) is 0 Å². The molecule has 0 aliphatic carbocycles. The Kier molecular flexibility index (Phi) is 8.96. The summed E-state index contributed by atoms with van der Waals surface area (Å²) in [4.78, 5) is 54.2. The fourth-order valence-corrected chi connectivity index (χ4v) is 7.43. The Hall–Kier alpha value is -3.75. The highest BCUT2D eigenvalue weighted by Crippen LogP contribution is 2.43. The van der Waals surface area contributed by atoms with Gasteiger partial charge in [0.05, 0.1) is 22.0 Å². The third-order valence-corrected chi connectivity index (χ3v) is 9.91. The van der Waals surface area contributed by atoms with Crippen LogP contribution in [0.3, 0.4) is 0 Å². The van der Waals surface area contributed by atoms with E-state index in [4.69, 9.17) is 11.6 Å². The van der Waals surface area contributed by atoms with Gasteiger partial charge in [0.2, 0.25) is 17.7 Å². The number of rotatable bonds is 6. The molecule has 2 aromatic rings. The molecule has 10 nitrogen and oxygen atoms in total. The van der Waals surface area contributed by atoms with Gasteiger partial charge in [0.1, 0.15) is 17.7 Å². The molecule has 4 aliphatic heterocycles. The van der Waals surface area contributed by atoms with Crippen LogP contribution in [0, 0.1) is 18.7 Å². The first-order valence-electron chi connectivity index (χ1n) is 15.5. The Morgan fingerprint density at radius 3 is 2.43 bits per heavy atom. The number of alkyl halides is 3. The van der Waals surface area contributed by atoms with Crippen molar-refractivity contribution in [3.05, 3.63) is 59.0 Å². The second-order valence-corrected chi connectivity index (χ2v) is 13.0. The predicted molar refractivity (Wildman–Crippen MR) is 169 cm³/mol. The molecule has 1 aromatic heterocycles. The predicted octanol–water partition coefficient (Wildman–Crippen LogP) is 3.42. The zero-order valence-electron chi connectivity index (χ0n) is 26.1. The van der Waals surface area contributed by atoms with Crippen molar-refractivity contribution in [2.45, 2.75) is 31.6 Å². The largest absolute Gasteiger partial charge is 0.416 e. The lowest BCUT2D eigenvalue weighted by atomic mass is 9.95. The van der Waals surface area contributed by atoms with Crippen LogP contribution in [-0.4, -0.2) is 115 Å². The number of pyridine rings is 1. The maximum Gasteiger partial charge on any atom is 0.416 e. The summed E-state index contributed by atoms with van der Waals surface area (Å²) in [5.41, 5.74) is -0.247. The van der Waals surface area contributed by atoms with E-state index in [9.17, 15) is 31.9 Å². The van der Waals surface area contributed by atoms with Gasteiger partial charge in [-0.25, -0.2) is 9.37 Å². The van der Waals surface area contributed by atoms with Gasteiger partial charge in [-0.3, -0.25) is 29.1 Å². The van der Waals surface area contributed by atoms with Crippen LogP contribution < -0.4 is 14.7 Å². The lowest BCUT2D eigenvalue weighted by molar-refractivity contribution is -0.137. The summed E-state index contributed by atoms with van der Waals surface area (Å²) >= 11 is 6.63. The molecule has 1 aromatic carbocycles. The fourth-order valence-electron chi connectivity index (χ4n) is 7.11. The number of likely N-dealkylation sites (tertiary alicyclic amines) is 1. The molecule has 3 fully saturated rings. The van der Waals surface area contributed by atoms with Gasteiger partial charge >= 0.3 is 6.18 Å². The fraction of sp³-hybridized carbons (Fsp3) is 0.500. The lowest BCUT2D eigenvalue weighted by Crippen LogP contribution is -2.64. The van der Waals surface area contributed by atoms with Crippen LogP contribution in [0.5, 0.6) is 0 Å². The van der Waals surface area contributed by atoms with Gasteiger partial charge in [-0.1, -0.05) is 18.2 Å². The zero-order valence-corrected chi connectivity index (χ0v) is 26.9. The minimum Gasteiger partial charge on any atom is -0.367 e. The highest BCUT2D eigenvalue weighted by atomic mass is 35.5. The number of hydrogen-bond donors (Lipinski definition) is 0. The van der Waals surface area contributed by atoms with Crippen LogP contribution in [0.1, 0.15) is 17.7 Å². The summed E-state index contributed by atoms with van der Waals surface area (Å²) in [5, 5.41) is 0.114. The summed E-state index contributed by atoms with van der Waals surface area (Å²) in [6.45, 7) is 10.8. The van der Waals surface area contributed by atoms with Crippen molar-refractivity contribution < 1.29 is 31.9 Å². The number of aryl methyl sites for hydroxylation is 1. The summed E-state index contributed by atoms with van der Waals surface area (Å²) in [6.07, 6.45) is -3.43. The molecule has 4 aliphatic rings. The Bertz CT molecular complexity index is 1590. The zero-order chi connectivity index (χ0) is 33.8. The number of benzene rings is 1. The Morgan fingerprint density at radius 1 is 1.06 bits per heavy atom. The molecule has 0 saturated carbocycles. The molecular formula is C32H36ClF4N7O3. The Morgan fingerprint density at radius 2 is 1.77 bits per heavy atom.